The molecule has 0 atom stereocenters. The number of anilines is 1. The van der Waals surface area contributed by atoms with E-state index in [-0.39, 0.29) is 5.43 Å². The summed E-state index contributed by atoms with van der Waals surface area (Å²) in [6.45, 7) is 6.83. The van der Waals surface area contributed by atoms with E-state index in [0.29, 0.717) is 16.5 Å². The molecule has 0 radical (unpaired) electrons. The summed E-state index contributed by atoms with van der Waals surface area (Å²) >= 11 is 0. The lowest BCUT2D eigenvalue weighted by Crippen LogP contribution is -2.45. The number of H-pyrrole nitrogens is 1. The van der Waals surface area contributed by atoms with Gasteiger partial charge in [0.2, 0.25) is 0 Å². The van der Waals surface area contributed by atoms with Gasteiger partial charge in [0.25, 0.3) is 0 Å². The van der Waals surface area contributed by atoms with Crippen molar-refractivity contribution in [1.82, 2.24) is 9.88 Å². The first-order valence-electron chi connectivity index (χ1n) is 11.0. The largest absolute Gasteiger partial charge is 0.369 e. The molecule has 1 saturated heterocycles. The number of piperazine rings is 1. The zero-order valence-electron chi connectivity index (χ0n) is 18.1. The number of halogens is 1. The molecule has 32 heavy (non-hydrogen) atoms. The van der Waals surface area contributed by atoms with Gasteiger partial charge in [-0.3, -0.25) is 9.69 Å². The second kappa shape index (κ2) is 8.60. The maximum absolute atomic E-state index is 13.6. The zero-order chi connectivity index (χ0) is 22.1. The first-order valence-corrected chi connectivity index (χ1v) is 11.0. The zero-order valence-corrected chi connectivity index (χ0v) is 18.1. The van der Waals surface area contributed by atoms with Crippen LogP contribution in [-0.4, -0.2) is 36.1 Å². The Kier molecular flexibility index (Phi) is 5.50. The minimum atomic E-state index is -0.400. The second-order valence-electron chi connectivity index (χ2n) is 8.44. The lowest BCUT2D eigenvalue weighted by atomic mass is 10.0. The van der Waals surface area contributed by atoms with Crippen molar-refractivity contribution in [1.29, 1.82) is 0 Å². The predicted molar refractivity (Wildman–Crippen MR) is 129 cm³/mol. The number of hydrogen-bond donors (Lipinski definition) is 1. The van der Waals surface area contributed by atoms with E-state index in [4.69, 9.17) is 0 Å². The molecular weight excluding hydrogens is 401 g/mol. The van der Waals surface area contributed by atoms with E-state index in [0.717, 1.165) is 44.0 Å². The molecule has 5 heteroatoms. The van der Waals surface area contributed by atoms with E-state index >= 15 is 0 Å². The van der Waals surface area contributed by atoms with Crippen LogP contribution in [0.1, 0.15) is 11.1 Å². The Morgan fingerprint density at radius 3 is 2.34 bits per heavy atom. The summed E-state index contributed by atoms with van der Waals surface area (Å²) in [5.74, 6) is -0.400. The molecule has 0 spiro atoms. The van der Waals surface area contributed by atoms with Crippen molar-refractivity contribution in [3.63, 3.8) is 0 Å². The Hall–Kier alpha value is -3.44. The molecule has 0 amide bonds. The van der Waals surface area contributed by atoms with Gasteiger partial charge >= 0.3 is 0 Å². The Bertz CT molecular complexity index is 1290. The molecule has 4 nitrogen and oxygen atoms in total. The Morgan fingerprint density at radius 1 is 0.906 bits per heavy atom. The number of rotatable bonds is 4. The van der Waals surface area contributed by atoms with Gasteiger partial charge in [-0.05, 0) is 48.4 Å². The van der Waals surface area contributed by atoms with Gasteiger partial charge in [-0.15, -0.1) is 0 Å². The number of benzene rings is 3. The number of aromatic nitrogens is 1. The van der Waals surface area contributed by atoms with E-state index in [1.165, 1.54) is 23.4 Å². The molecule has 1 aliphatic rings. The molecule has 3 aromatic carbocycles. The fourth-order valence-electron chi connectivity index (χ4n) is 4.49. The van der Waals surface area contributed by atoms with Crippen molar-refractivity contribution in [2.45, 2.75) is 13.5 Å². The van der Waals surface area contributed by atoms with Crippen LogP contribution in [0.2, 0.25) is 0 Å². The SMILES string of the molecule is Cc1c(-c2ccc(N3CCN(Cc4ccccc4)CC3)cc2)[nH]c2ccc(F)cc2c1=O. The van der Waals surface area contributed by atoms with Crippen LogP contribution >= 0.6 is 0 Å². The fraction of sp³-hybridized carbons (Fsp3) is 0.222. The van der Waals surface area contributed by atoms with Gasteiger partial charge in [0.1, 0.15) is 5.82 Å². The molecule has 0 aliphatic carbocycles. The van der Waals surface area contributed by atoms with E-state index < -0.39 is 5.82 Å². The summed E-state index contributed by atoms with van der Waals surface area (Å²) in [6, 6.07) is 23.2. The summed E-state index contributed by atoms with van der Waals surface area (Å²) in [7, 11) is 0. The summed E-state index contributed by atoms with van der Waals surface area (Å²) in [4.78, 5) is 21.0. The monoisotopic (exact) mass is 427 g/mol. The number of fused-ring (bicyclic) bond motifs is 1. The molecular formula is C27H26FN3O. The molecule has 4 aromatic rings. The summed E-state index contributed by atoms with van der Waals surface area (Å²) in [5, 5.41) is 0.385. The number of pyridine rings is 1. The number of aromatic amines is 1. The van der Waals surface area contributed by atoms with Gasteiger partial charge in [0.15, 0.2) is 5.43 Å². The van der Waals surface area contributed by atoms with E-state index in [2.05, 4.69) is 69.4 Å². The molecule has 0 unspecified atom stereocenters. The van der Waals surface area contributed by atoms with Gasteiger partial charge in [0.05, 0.1) is 5.69 Å². The lowest BCUT2D eigenvalue weighted by molar-refractivity contribution is 0.250. The van der Waals surface area contributed by atoms with Gasteiger partial charge < -0.3 is 9.88 Å². The number of nitrogens with one attached hydrogen (secondary N) is 1. The van der Waals surface area contributed by atoms with Gasteiger partial charge in [-0.25, -0.2) is 4.39 Å². The van der Waals surface area contributed by atoms with Crippen LogP contribution in [0.15, 0.2) is 77.6 Å². The topological polar surface area (TPSA) is 39.3 Å². The predicted octanol–water partition coefficient (Wildman–Crippen LogP) is 4.96. The van der Waals surface area contributed by atoms with Crippen LogP contribution in [0.5, 0.6) is 0 Å². The highest BCUT2D eigenvalue weighted by atomic mass is 19.1. The third-order valence-electron chi connectivity index (χ3n) is 6.34. The second-order valence-corrected chi connectivity index (χ2v) is 8.44. The van der Waals surface area contributed by atoms with Crippen LogP contribution in [0.4, 0.5) is 10.1 Å². The maximum Gasteiger partial charge on any atom is 0.193 e. The Labute approximate surface area is 186 Å². The molecule has 1 aliphatic heterocycles. The highest BCUT2D eigenvalue weighted by molar-refractivity contribution is 5.83. The third-order valence-corrected chi connectivity index (χ3v) is 6.34. The van der Waals surface area contributed by atoms with Crippen molar-refractivity contribution in [2.75, 3.05) is 31.1 Å². The molecule has 2 heterocycles. The molecule has 1 N–H and O–H groups in total. The van der Waals surface area contributed by atoms with Crippen LogP contribution in [0.3, 0.4) is 0 Å². The van der Waals surface area contributed by atoms with Gasteiger partial charge in [-0.2, -0.15) is 0 Å². The van der Waals surface area contributed by atoms with Crippen molar-refractivity contribution in [3.8, 4) is 11.3 Å². The minimum Gasteiger partial charge on any atom is -0.369 e. The van der Waals surface area contributed by atoms with Crippen LogP contribution in [-0.2, 0) is 6.54 Å². The van der Waals surface area contributed by atoms with Gasteiger partial charge in [-0.1, -0.05) is 42.5 Å². The van der Waals surface area contributed by atoms with Crippen LogP contribution in [0.25, 0.3) is 22.2 Å². The van der Waals surface area contributed by atoms with E-state index in [1.807, 2.05) is 0 Å². The van der Waals surface area contributed by atoms with Crippen molar-refractivity contribution in [3.05, 3.63) is 100.0 Å². The van der Waals surface area contributed by atoms with Crippen LogP contribution < -0.4 is 10.3 Å². The normalized spacial score (nSPS) is 14.8. The Morgan fingerprint density at radius 2 is 1.62 bits per heavy atom. The molecule has 1 fully saturated rings. The minimum absolute atomic E-state index is 0.133. The third kappa shape index (κ3) is 4.04. The smallest absolute Gasteiger partial charge is 0.193 e. The maximum atomic E-state index is 13.6. The Balaban J connectivity index is 1.31. The quantitative estimate of drug-likeness (QED) is 0.500. The van der Waals surface area contributed by atoms with E-state index in [1.54, 1.807) is 13.0 Å². The molecule has 1 aromatic heterocycles. The van der Waals surface area contributed by atoms with Crippen molar-refractivity contribution < 1.29 is 4.39 Å². The molecule has 5 rings (SSSR count). The van der Waals surface area contributed by atoms with Crippen LogP contribution in [0, 0.1) is 12.7 Å². The fourth-order valence-corrected chi connectivity index (χ4v) is 4.49. The highest BCUT2D eigenvalue weighted by Gasteiger charge is 2.18. The van der Waals surface area contributed by atoms with E-state index in [9.17, 15) is 9.18 Å². The molecule has 0 saturated carbocycles. The number of nitrogens with zero attached hydrogens (tertiary/aromatic N) is 2. The first-order chi connectivity index (χ1) is 15.6. The molecule has 162 valence electrons. The average molecular weight is 428 g/mol. The standard InChI is InChI=1S/C27H26FN3O/c1-19-26(29-25-12-9-22(28)17-24(25)27(19)32)21-7-10-23(11-8-21)31-15-13-30(14-16-31)18-20-5-3-2-4-6-20/h2-12,17H,13-16,18H2,1H3,(H,29,32). The van der Waals surface area contributed by atoms with Crippen molar-refractivity contribution >= 4 is 16.6 Å². The highest BCUT2D eigenvalue weighted by Crippen LogP contribution is 2.26. The summed E-state index contributed by atoms with van der Waals surface area (Å²) in [5.41, 5.74) is 5.40. The van der Waals surface area contributed by atoms with Crippen molar-refractivity contribution in [2.24, 2.45) is 0 Å². The van der Waals surface area contributed by atoms with Gasteiger partial charge in [0, 0.05) is 54.9 Å². The molecule has 0 bridgehead atoms. The summed E-state index contributed by atoms with van der Waals surface area (Å²) < 4.78 is 13.6. The average Bonchev–Trinajstić information content (AvgIpc) is 2.83. The first kappa shape index (κ1) is 20.5. The summed E-state index contributed by atoms with van der Waals surface area (Å²) in [6.07, 6.45) is 0. The number of hydrogen-bond acceptors (Lipinski definition) is 3. The lowest BCUT2D eigenvalue weighted by Gasteiger charge is -2.36.